The summed E-state index contributed by atoms with van der Waals surface area (Å²) in [5.74, 6) is -0.787. The molecule has 0 aliphatic heterocycles. The number of nitrogens with zero attached hydrogens (tertiary/aromatic N) is 1. The molecule has 18 heavy (non-hydrogen) atoms. The van der Waals surface area contributed by atoms with Crippen molar-refractivity contribution in [1.82, 2.24) is 4.98 Å². The van der Waals surface area contributed by atoms with Crippen LogP contribution in [0.25, 0.3) is 10.9 Å². The maximum absolute atomic E-state index is 13.9. The van der Waals surface area contributed by atoms with E-state index in [4.69, 9.17) is 0 Å². The number of ether oxygens (including phenoxy) is 1. The monoisotopic (exact) mass is 247 g/mol. The molecule has 1 aromatic carbocycles. The number of esters is 1. The van der Waals surface area contributed by atoms with Crippen LogP contribution in [0.15, 0.2) is 18.2 Å². The second-order valence-corrected chi connectivity index (χ2v) is 4.31. The molecule has 94 valence electrons. The molecule has 3 nitrogen and oxygen atoms in total. The van der Waals surface area contributed by atoms with Gasteiger partial charge in [0.2, 0.25) is 0 Å². The number of hydrogen-bond donors (Lipinski definition) is 0. The van der Waals surface area contributed by atoms with E-state index < -0.39 is 5.82 Å². The number of aromatic nitrogens is 1. The highest BCUT2D eigenvalue weighted by atomic mass is 19.1. The zero-order valence-electron chi connectivity index (χ0n) is 10.6. The van der Waals surface area contributed by atoms with Gasteiger partial charge in [-0.25, -0.2) is 4.39 Å². The van der Waals surface area contributed by atoms with Crippen LogP contribution in [0.1, 0.15) is 16.8 Å². The number of rotatable bonds is 2. The zero-order chi connectivity index (χ0) is 13.3. The largest absolute Gasteiger partial charge is 0.469 e. The summed E-state index contributed by atoms with van der Waals surface area (Å²) < 4.78 is 18.5. The minimum atomic E-state index is -0.404. The molecule has 1 heterocycles. The lowest BCUT2D eigenvalue weighted by atomic mass is 10.0. The van der Waals surface area contributed by atoms with Gasteiger partial charge in [-0.2, -0.15) is 0 Å². The Labute approximate surface area is 105 Å². The summed E-state index contributed by atoms with van der Waals surface area (Å²) in [4.78, 5) is 15.4. The van der Waals surface area contributed by atoms with Crippen molar-refractivity contribution in [3.63, 3.8) is 0 Å². The second-order valence-electron chi connectivity index (χ2n) is 4.31. The van der Waals surface area contributed by atoms with E-state index in [1.807, 2.05) is 19.9 Å². The molecule has 0 fully saturated rings. The molecule has 0 unspecified atom stereocenters. The molecule has 0 aliphatic carbocycles. The predicted molar refractivity (Wildman–Crippen MR) is 66.9 cm³/mol. The number of aryl methyl sites for hydroxylation is 2. The average molecular weight is 247 g/mol. The van der Waals surface area contributed by atoms with Crippen molar-refractivity contribution in [1.29, 1.82) is 0 Å². The van der Waals surface area contributed by atoms with E-state index in [0.717, 1.165) is 16.6 Å². The highest BCUT2D eigenvalue weighted by Crippen LogP contribution is 2.22. The maximum atomic E-state index is 13.9. The SMILES string of the molecule is COC(=O)Cc1cc(F)c2nc(C)cc(C)c2c1. The Morgan fingerprint density at radius 3 is 2.72 bits per heavy atom. The lowest BCUT2D eigenvalue weighted by Crippen LogP contribution is -2.05. The normalized spacial score (nSPS) is 10.7. The van der Waals surface area contributed by atoms with Gasteiger partial charge in [0, 0.05) is 11.1 Å². The molecule has 4 heteroatoms. The van der Waals surface area contributed by atoms with E-state index in [1.165, 1.54) is 13.2 Å². The van der Waals surface area contributed by atoms with Crippen LogP contribution >= 0.6 is 0 Å². The smallest absolute Gasteiger partial charge is 0.309 e. The number of pyridine rings is 1. The standard InChI is InChI=1S/C14H14FNO2/c1-8-4-9(2)16-14-11(8)5-10(6-12(14)15)7-13(17)18-3/h4-6H,7H2,1-3H3. The van der Waals surface area contributed by atoms with Crippen molar-refractivity contribution in [2.75, 3.05) is 7.11 Å². The van der Waals surface area contributed by atoms with Crippen molar-refractivity contribution >= 4 is 16.9 Å². The van der Waals surface area contributed by atoms with Crippen LogP contribution in [0.4, 0.5) is 4.39 Å². The summed E-state index contributed by atoms with van der Waals surface area (Å²) in [6.07, 6.45) is 0.0661. The maximum Gasteiger partial charge on any atom is 0.309 e. The molecular weight excluding hydrogens is 233 g/mol. The number of carbonyl (C=O) groups excluding carboxylic acids is 1. The quantitative estimate of drug-likeness (QED) is 0.766. The van der Waals surface area contributed by atoms with Crippen LogP contribution in [0.3, 0.4) is 0 Å². The van der Waals surface area contributed by atoms with E-state index in [1.54, 1.807) is 6.07 Å². The van der Waals surface area contributed by atoms with Crippen LogP contribution in [0.2, 0.25) is 0 Å². The van der Waals surface area contributed by atoms with Crippen LogP contribution < -0.4 is 0 Å². The topological polar surface area (TPSA) is 39.2 Å². The molecule has 0 saturated carbocycles. The van der Waals surface area contributed by atoms with Crippen molar-refractivity contribution in [3.8, 4) is 0 Å². The summed E-state index contributed by atoms with van der Waals surface area (Å²) >= 11 is 0. The predicted octanol–water partition coefficient (Wildman–Crippen LogP) is 2.71. The fraction of sp³-hybridized carbons (Fsp3) is 0.286. The summed E-state index contributed by atoms with van der Waals surface area (Å²) in [6.45, 7) is 3.73. The summed E-state index contributed by atoms with van der Waals surface area (Å²) in [5.41, 5.74) is 2.67. The number of methoxy groups -OCH3 is 1. The molecule has 2 rings (SSSR count). The molecule has 1 aromatic heterocycles. The van der Waals surface area contributed by atoms with Gasteiger partial charge in [0.15, 0.2) is 0 Å². The van der Waals surface area contributed by atoms with Crippen LogP contribution in [-0.2, 0) is 16.0 Å². The van der Waals surface area contributed by atoms with E-state index >= 15 is 0 Å². The first-order valence-electron chi connectivity index (χ1n) is 5.64. The first kappa shape index (κ1) is 12.5. The van der Waals surface area contributed by atoms with E-state index in [0.29, 0.717) is 11.1 Å². The molecule has 0 spiro atoms. The third kappa shape index (κ3) is 2.32. The second kappa shape index (κ2) is 4.72. The Kier molecular flexibility index (Phi) is 3.28. The minimum Gasteiger partial charge on any atom is -0.469 e. The molecule has 2 aromatic rings. The number of fused-ring (bicyclic) bond motifs is 1. The van der Waals surface area contributed by atoms with Gasteiger partial charge in [0.1, 0.15) is 11.3 Å². The minimum absolute atomic E-state index is 0.0661. The van der Waals surface area contributed by atoms with E-state index in [-0.39, 0.29) is 12.4 Å². The van der Waals surface area contributed by atoms with Crippen LogP contribution in [-0.4, -0.2) is 18.1 Å². The van der Waals surface area contributed by atoms with Gasteiger partial charge < -0.3 is 4.74 Å². The van der Waals surface area contributed by atoms with Crippen molar-refractivity contribution in [2.24, 2.45) is 0 Å². The van der Waals surface area contributed by atoms with E-state index in [2.05, 4.69) is 9.72 Å². The number of hydrogen-bond acceptors (Lipinski definition) is 3. The number of benzene rings is 1. The Balaban J connectivity index is 2.58. The van der Waals surface area contributed by atoms with Crippen molar-refractivity contribution < 1.29 is 13.9 Å². The summed E-state index contributed by atoms with van der Waals surface area (Å²) in [5, 5.41) is 0.736. The molecule has 0 amide bonds. The fourth-order valence-corrected chi connectivity index (χ4v) is 2.01. The molecule has 0 N–H and O–H groups in total. The first-order valence-corrected chi connectivity index (χ1v) is 5.64. The van der Waals surface area contributed by atoms with Gasteiger partial charge >= 0.3 is 5.97 Å². The third-order valence-electron chi connectivity index (χ3n) is 2.84. The summed E-state index contributed by atoms with van der Waals surface area (Å²) in [7, 11) is 1.32. The summed E-state index contributed by atoms with van der Waals surface area (Å²) in [6, 6.07) is 5.02. The van der Waals surface area contributed by atoms with Gasteiger partial charge in [-0.3, -0.25) is 9.78 Å². The highest BCUT2D eigenvalue weighted by Gasteiger charge is 2.11. The molecule has 0 bridgehead atoms. The molecule has 0 radical (unpaired) electrons. The van der Waals surface area contributed by atoms with Gasteiger partial charge in [-0.05, 0) is 43.2 Å². The van der Waals surface area contributed by atoms with Gasteiger partial charge in [-0.15, -0.1) is 0 Å². The van der Waals surface area contributed by atoms with Gasteiger partial charge in [0.05, 0.1) is 13.5 Å². The van der Waals surface area contributed by atoms with E-state index in [9.17, 15) is 9.18 Å². The Hall–Kier alpha value is -1.97. The van der Waals surface area contributed by atoms with Crippen molar-refractivity contribution in [3.05, 3.63) is 40.8 Å². The Bertz CT molecular complexity index is 623. The van der Waals surface area contributed by atoms with Crippen LogP contribution in [0, 0.1) is 19.7 Å². The number of carbonyl (C=O) groups is 1. The van der Waals surface area contributed by atoms with Crippen molar-refractivity contribution in [2.45, 2.75) is 20.3 Å². The molecule has 0 aliphatic rings. The highest BCUT2D eigenvalue weighted by molar-refractivity contribution is 5.84. The molecular formula is C14H14FNO2. The lowest BCUT2D eigenvalue weighted by Gasteiger charge is -2.07. The van der Waals surface area contributed by atoms with Gasteiger partial charge in [-0.1, -0.05) is 0 Å². The third-order valence-corrected chi connectivity index (χ3v) is 2.84. The van der Waals surface area contributed by atoms with Gasteiger partial charge in [0.25, 0.3) is 0 Å². The Morgan fingerprint density at radius 2 is 2.06 bits per heavy atom. The lowest BCUT2D eigenvalue weighted by molar-refractivity contribution is -0.139. The molecule has 0 saturated heterocycles. The number of halogens is 1. The average Bonchev–Trinajstić information content (AvgIpc) is 2.30. The zero-order valence-corrected chi connectivity index (χ0v) is 10.6. The fourth-order valence-electron chi connectivity index (χ4n) is 2.01. The first-order chi connectivity index (χ1) is 8.51. The van der Waals surface area contributed by atoms with Crippen LogP contribution in [0.5, 0.6) is 0 Å². The molecule has 0 atom stereocenters. The Morgan fingerprint density at radius 1 is 1.33 bits per heavy atom.